The topological polar surface area (TPSA) is 118 Å². The molecule has 0 radical (unpaired) electrons. The van der Waals surface area contributed by atoms with E-state index in [2.05, 4.69) is 37.4 Å². The molecule has 190 valence electrons. The molecule has 2 bridgehead atoms. The number of phenols is 1. The Hall–Kier alpha value is -3.60. The normalized spacial score (nSPS) is 27.1. The van der Waals surface area contributed by atoms with Crippen LogP contribution in [-0.4, -0.2) is 74.8 Å². The van der Waals surface area contributed by atoms with Crippen LogP contribution in [0.5, 0.6) is 17.5 Å². The van der Waals surface area contributed by atoms with E-state index in [1.807, 2.05) is 18.9 Å². The maximum absolute atomic E-state index is 15.5. The van der Waals surface area contributed by atoms with Gasteiger partial charge in [0, 0.05) is 23.7 Å². The van der Waals surface area contributed by atoms with Crippen LogP contribution in [0.2, 0.25) is 0 Å². The molecule has 36 heavy (non-hydrogen) atoms. The number of nitrogens with zero attached hydrogens (tertiary/aromatic N) is 6. The average Bonchev–Trinajstić information content (AvgIpc) is 3.17. The first-order chi connectivity index (χ1) is 17.2. The van der Waals surface area contributed by atoms with E-state index in [0.29, 0.717) is 29.1 Å². The number of aromatic nitrogens is 5. The summed E-state index contributed by atoms with van der Waals surface area (Å²) in [6.07, 6.45) is 4.48. The second-order valence-electron chi connectivity index (χ2n) is 10.0. The molecule has 0 unspecified atom stereocenters. The summed E-state index contributed by atoms with van der Waals surface area (Å²) in [7, 11) is 4.79. The molecule has 0 amide bonds. The van der Waals surface area contributed by atoms with Gasteiger partial charge in [0.25, 0.3) is 11.8 Å². The fraction of sp³-hybridized carbons (Fsp3) is 0.480. The summed E-state index contributed by atoms with van der Waals surface area (Å²) in [4.78, 5) is 14.8. The lowest BCUT2D eigenvalue weighted by atomic mass is 9.82. The summed E-state index contributed by atoms with van der Waals surface area (Å²) in [5, 5.41) is 22.7. The molecule has 0 spiro atoms. The van der Waals surface area contributed by atoms with Crippen molar-refractivity contribution in [3.8, 4) is 40.2 Å². The van der Waals surface area contributed by atoms with Crippen molar-refractivity contribution in [3.63, 3.8) is 0 Å². The van der Waals surface area contributed by atoms with E-state index in [9.17, 15) is 5.11 Å². The SMILES string of the molecule is COc1ncc(-c2ccc(-c3ncc(N(C)[C@@H]4C[C@@]5(C)CC[C@](C)(N5)[C@@H]4F)nn3)c(O)c2)nc1OC. The fourth-order valence-electron chi connectivity index (χ4n) is 5.41. The van der Waals surface area contributed by atoms with Gasteiger partial charge in [-0.15, -0.1) is 10.2 Å². The van der Waals surface area contributed by atoms with Gasteiger partial charge in [-0.3, -0.25) is 0 Å². The lowest BCUT2D eigenvalue weighted by Crippen LogP contribution is -2.65. The number of hydrogen-bond donors (Lipinski definition) is 2. The third-order valence-electron chi connectivity index (χ3n) is 7.43. The number of aromatic hydroxyl groups is 1. The number of fused-ring (bicyclic) bond motifs is 2. The number of alkyl halides is 1. The van der Waals surface area contributed by atoms with Gasteiger partial charge in [-0.2, -0.15) is 0 Å². The Kier molecular flexibility index (Phi) is 5.90. The molecule has 0 aliphatic carbocycles. The van der Waals surface area contributed by atoms with Crippen molar-refractivity contribution in [1.29, 1.82) is 0 Å². The Labute approximate surface area is 208 Å². The summed E-state index contributed by atoms with van der Waals surface area (Å²) in [5.74, 6) is 1.22. The predicted molar refractivity (Wildman–Crippen MR) is 132 cm³/mol. The van der Waals surface area contributed by atoms with Crippen LogP contribution in [0.15, 0.2) is 30.6 Å². The number of phenolic OH excluding ortho intramolecular Hbond substituents is 1. The van der Waals surface area contributed by atoms with Crippen LogP contribution in [0, 0.1) is 0 Å². The van der Waals surface area contributed by atoms with Crippen molar-refractivity contribution in [2.45, 2.75) is 56.4 Å². The lowest BCUT2D eigenvalue weighted by molar-refractivity contribution is 0.0859. The highest BCUT2D eigenvalue weighted by Crippen LogP contribution is 2.45. The van der Waals surface area contributed by atoms with E-state index in [0.717, 1.165) is 12.8 Å². The molecule has 2 fully saturated rings. The summed E-state index contributed by atoms with van der Waals surface area (Å²) in [6.45, 7) is 4.11. The highest BCUT2D eigenvalue weighted by Gasteiger charge is 2.56. The van der Waals surface area contributed by atoms with Gasteiger partial charge in [-0.25, -0.2) is 19.3 Å². The van der Waals surface area contributed by atoms with E-state index < -0.39 is 11.7 Å². The number of hydrogen-bond acceptors (Lipinski definition) is 10. The monoisotopic (exact) mass is 495 g/mol. The van der Waals surface area contributed by atoms with Crippen LogP contribution in [0.25, 0.3) is 22.6 Å². The van der Waals surface area contributed by atoms with Gasteiger partial charge in [-0.05, 0) is 45.2 Å². The van der Waals surface area contributed by atoms with Gasteiger partial charge < -0.3 is 24.8 Å². The van der Waals surface area contributed by atoms with E-state index in [1.54, 1.807) is 24.4 Å². The first-order valence-electron chi connectivity index (χ1n) is 11.8. The minimum Gasteiger partial charge on any atom is -0.507 e. The molecule has 2 aliphatic heterocycles. The third-order valence-corrected chi connectivity index (χ3v) is 7.43. The molecule has 2 saturated heterocycles. The van der Waals surface area contributed by atoms with Crippen molar-refractivity contribution in [2.75, 3.05) is 26.2 Å². The first kappa shape index (κ1) is 24.1. The average molecular weight is 496 g/mol. The summed E-state index contributed by atoms with van der Waals surface area (Å²) in [6, 6.07) is 4.68. The molecule has 10 nitrogen and oxygen atoms in total. The largest absolute Gasteiger partial charge is 0.507 e. The minimum absolute atomic E-state index is 0.0356. The number of anilines is 1. The van der Waals surface area contributed by atoms with Crippen LogP contribution in [-0.2, 0) is 0 Å². The highest BCUT2D eigenvalue weighted by atomic mass is 19.1. The van der Waals surface area contributed by atoms with Gasteiger partial charge >= 0.3 is 0 Å². The molecular weight excluding hydrogens is 465 g/mol. The third kappa shape index (κ3) is 4.06. The highest BCUT2D eigenvalue weighted by molar-refractivity contribution is 5.71. The van der Waals surface area contributed by atoms with Gasteiger partial charge in [-0.1, -0.05) is 6.07 Å². The maximum Gasteiger partial charge on any atom is 0.278 e. The second-order valence-corrected chi connectivity index (χ2v) is 10.0. The van der Waals surface area contributed by atoms with Crippen LogP contribution in [0.3, 0.4) is 0 Å². The van der Waals surface area contributed by atoms with Gasteiger partial charge in [0.1, 0.15) is 11.9 Å². The number of rotatable bonds is 6. The maximum atomic E-state index is 15.5. The lowest BCUT2D eigenvalue weighted by Gasteiger charge is -2.47. The number of halogens is 1. The van der Waals surface area contributed by atoms with Crippen molar-refractivity contribution >= 4 is 5.82 Å². The van der Waals surface area contributed by atoms with Crippen molar-refractivity contribution < 1.29 is 19.0 Å². The quantitative estimate of drug-likeness (QED) is 0.528. The second kappa shape index (κ2) is 8.81. The van der Waals surface area contributed by atoms with E-state index in [1.165, 1.54) is 20.4 Å². The summed E-state index contributed by atoms with van der Waals surface area (Å²) in [5.41, 5.74) is 0.911. The molecule has 2 N–H and O–H groups in total. The van der Waals surface area contributed by atoms with Crippen molar-refractivity contribution in [2.24, 2.45) is 0 Å². The first-order valence-corrected chi connectivity index (χ1v) is 11.8. The zero-order chi connectivity index (χ0) is 25.7. The smallest absolute Gasteiger partial charge is 0.278 e. The van der Waals surface area contributed by atoms with Crippen LogP contribution >= 0.6 is 0 Å². The Morgan fingerprint density at radius 2 is 1.86 bits per heavy atom. The van der Waals surface area contributed by atoms with Gasteiger partial charge in [0.2, 0.25) is 0 Å². The van der Waals surface area contributed by atoms with Gasteiger partial charge in [0.05, 0.1) is 43.9 Å². The molecule has 0 saturated carbocycles. The Morgan fingerprint density at radius 1 is 1.08 bits per heavy atom. The molecular formula is C25H30FN7O3. The molecule has 4 heterocycles. The zero-order valence-electron chi connectivity index (χ0n) is 21.0. The van der Waals surface area contributed by atoms with Crippen molar-refractivity contribution in [1.82, 2.24) is 30.5 Å². The van der Waals surface area contributed by atoms with E-state index in [-0.39, 0.29) is 34.9 Å². The molecule has 2 aromatic heterocycles. The van der Waals surface area contributed by atoms with Crippen molar-refractivity contribution in [3.05, 3.63) is 30.6 Å². The molecule has 3 aromatic rings. The van der Waals surface area contributed by atoms with Gasteiger partial charge in [0.15, 0.2) is 11.6 Å². The van der Waals surface area contributed by atoms with Crippen LogP contribution < -0.4 is 19.7 Å². The predicted octanol–water partition coefficient (Wildman–Crippen LogP) is 3.17. The fourth-order valence-corrected chi connectivity index (χ4v) is 5.41. The summed E-state index contributed by atoms with van der Waals surface area (Å²) >= 11 is 0. The number of ether oxygens (including phenoxy) is 2. The Bertz CT molecular complexity index is 1280. The number of piperidine rings is 1. The molecule has 4 atom stereocenters. The number of nitrogens with one attached hydrogen (secondary N) is 1. The standard InChI is InChI=1S/C25H30FN7O3/c1-24-8-9-25(2,32-24)20(26)17(11-24)33(3)19-13-27-21(31-30-19)15-7-6-14(10-18(15)34)16-12-28-22(35-4)23(29-16)36-5/h6-7,10,12-13,17,20,32,34H,8-9,11H2,1-5H3/t17-,20-,24-,25+/m1/s1. The van der Waals surface area contributed by atoms with E-state index >= 15 is 4.39 Å². The number of methoxy groups -OCH3 is 2. The summed E-state index contributed by atoms with van der Waals surface area (Å²) < 4.78 is 25.8. The minimum atomic E-state index is -1.05. The van der Waals surface area contributed by atoms with Crippen LogP contribution in [0.1, 0.15) is 33.1 Å². The van der Waals surface area contributed by atoms with Crippen LogP contribution in [0.4, 0.5) is 10.2 Å². The van der Waals surface area contributed by atoms with E-state index in [4.69, 9.17) is 9.47 Å². The Balaban J connectivity index is 1.37. The molecule has 11 heteroatoms. The molecule has 5 rings (SSSR count). The molecule has 2 aliphatic rings. The zero-order valence-corrected chi connectivity index (χ0v) is 21.0. The Morgan fingerprint density at radius 3 is 2.53 bits per heavy atom. The number of benzene rings is 1. The molecule has 1 aromatic carbocycles.